The Kier molecular flexibility index (Phi) is 4.11. The van der Waals surface area contributed by atoms with Crippen LogP contribution >= 0.6 is 0 Å². The summed E-state index contributed by atoms with van der Waals surface area (Å²) >= 11 is 0. The molecule has 0 saturated heterocycles. The van der Waals surface area contributed by atoms with Gasteiger partial charge in [-0.15, -0.1) is 0 Å². The zero-order chi connectivity index (χ0) is 11.5. The Morgan fingerprint density at radius 1 is 1.47 bits per heavy atom. The molecule has 0 radical (unpaired) electrons. The Balaban J connectivity index is 2.33. The summed E-state index contributed by atoms with van der Waals surface area (Å²) in [6.45, 7) is 3.53. The maximum Gasteiger partial charge on any atom is 0.335 e. The smallest absolute Gasteiger partial charge is 0.335 e. The van der Waals surface area contributed by atoms with E-state index in [1.54, 1.807) is 13.8 Å². The number of carboxylic acids is 1. The molecule has 0 aliphatic heterocycles. The van der Waals surface area contributed by atoms with Gasteiger partial charge in [0.1, 0.15) is 0 Å². The number of carbonyl (C=O) groups is 1. The molecule has 2 unspecified atom stereocenters. The van der Waals surface area contributed by atoms with Crippen molar-refractivity contribution in [2.45, 2.75) is 51.2 Å². The predicted octanol–water partition coefficient (Wildman–Crippen LogP) is 1.42. The van der Waals surface area contributed by atoms with Gasteiger partial charge >= 0.3 is 5.97 Å². The molecule has 0 amide bonds. The lowest BCUT2D eigenvalue weighted by atomic mass is 9.88. The van der Waals surface area contributed by atoms with Crippen molar-refractivity contribution >= 4 is 5.97 Å². The SMILES string of the molecule is CC(C)(OCC1CCCC(O)C1)C(=O)O. The highest BCUT2D eigenvalue weighted by atomic mass is 16.5. The van der Waals surface area contributed by atoms with Gasteiger partial charge in [-0.05, 0) is 39.0 Å². The van der Waals surface area contributed by atoms with E-state index in [9.17, 15) is 9.90 Å². The third-order valence-electron chi connectivity index (χ3n) is 2.95. The summed E-state index contributed by atoms with van der Waals surface area (Å²) < 4.78 is 5.37. The first-order valence-corrected chi connectivity index (χ1v) is 5.47. The maximum atomic E-state index is 10.8. The van der Waals surface area contributed by atoms with Gasteiger partial charge in [0.25, 0.3) is 0 Å². The molecule has 1 aliphatic carbocycles. The van der Waals surface area contributed by atoms with Gasteiger partial charge in [-0.1, -0.05) is 6.42 Å². The number of aliphatic hydroxyl groups is 1. The highest BCUT2D eigenvalue weighted by Gasteiger charge is 2.30. The van der Waals surface area contributed by atoms with Gasteiger partial charge in [-0.3, -0.25) is 0 Å². The largest absolute Gasteiger partial charge is 0.479 e. The van der Waals surface area contributed by atoms with Crippen molar-refractivity contribution in [2.75, 3.05) is 6.61 Å². The number of aliphatic carboxylic acids is 1. The van der Waals surface area contributed by atoms with E-state index in [1.807, 2.05) is 0 Å². The molecule has 4 heteroatoms. The first kappa shape index (κ1) is 12.5. The molecular formula is C11H20O4. The molecule has 2 N–H and O–H groups in total. The maximum absolute atomic E-state index is 10.8. The number of aliphatic hydroxyl groups excluding tert-OH is 1. The van der Waals surface area contributed by atoms with E-state index in [-0.39, 0.29) is 6.10 Å². The quantitative estimate of drug-likeness (QED) is 0.745. The lowest BCUT2D eigenvalue weighted by molar-refractivity contribution is -0.163. The molecule has 4 nitrogen and oxygen atoms in total. The summed E-state index contributed by atoms with van der Waals surface area (Å²) in [5.41, 5.74) is -1.12. The van der Waals surface area contributed by atoms with E-state index in [1.165, 1.54) is 0 Å². The van der Waals surface area contributed by atoms with Crippen molar-refractivity contribution in [3.05, 3.63) is 0 Å². The second-order valence-electron chi connectivity index (χ2n) is 4.81. The number of hydrogen-bond donors (Lipinski definition) is 2. The fraction of sp³-hybridized carbons (Fsp3) is 0.909. The number of hydrogen-bond acceptors (Lipinski definition) is 3. The van der Waals surface area contributed by atoms with Gasteiger partial charge in [0.05, 0.1) is 12.7 Å². The van der Waals surface area contributed by atoms with Crippen LogP contribution in [0, 0.1) is 5.92 Å². The van der Waals surface area contributed by atoms with Crippen LogP contribution in [0.2, 0.25) is 0 Å². The molecule has 1 saturated carbocycles. The second-order valence-corrected chi connectivity index (χ2v) is 4.81. The summed E-state index contributed by atoms with van der Waals surface area (Å²) in [4.78, 5) is 10.8. The minimum atomic E-state index is -1.12. The first-order chi connectivity index (χ1) is 6.92. The third-order valence-corrected chi connectivity index (χ3v) is 2.95. The molecule has 1 fully saturated rings. The van der Waals surface area contributed by atoms with Gasteiger partial charge in [0.2, 0.25) is 0 Å². The lowest BCUT2D eigenvalue weighted by Gasteiger charge is -2.28. The Morgan fingerprint density at radius 3 is 2.67 bits per heavy atom. The number of carboxylic acid groups (broad SMARTS) is 1. The van der Waals surface area contributed by atoms with Crippen LogP contribution in [0.3, 0.4) is 0 Å². The summed E-state index contributed by atoms with van der Waals surface area (Å²) in [6.07, 6.45) is 3.38. The number of rotatable bonds is 4. The van der Waals surface area contributed by atoms with Crippen LogP contribution in [-0.2, 0) is 9.53 Å². The highest BCUT2D eigenvalue weighted by Crippen LogP contribution is 2.25. The molecule has 0 aromatic heterocycles. The summed E-state index contributed by atoms with van der Waals surface area (Å²) in [5.74, 6) is -0.647. The summed E-state index contributed by atoms with van der Waals surface area (Å²) in [5, 5.41) is 18.3. The second kappa shape index (κ2) is 4.94. The van der Waals surface area contributed by atoms with E-state index in [0.29, 0.717) is 12.5 Å². The van der Waals surface area contributed by atoms with Gasteiger partial charge < -0.3 is 14.9 Å². The van der Waals surface area contributed by atoms with Gasteiger partial charge in [0.15, 0.2) is 5.60 Å². The Bertz CT molecular complexity index is 225. The zero-order valence-corrected chi connectivity index (χ0v) is 9.40. The predicted molar refractivity (Wildman–Crippen MR) is 55.6 cm³/mol. The van der Waals surface area contributed by atoms with Crippen molar-refractivity contribution in [1.29, 1.82) is 0 Å². The molecule has 15 heavy (non-hydrogen) atoms. The van der Waals surface area contributed by atoms with Crippen molar-refractivity contribution in [3.8, 4) is 0 Å². The van der Waals surface area contributed by atoms with Gasteiger partial charge in [0, 0.05) is 0 Å². The molecular weight excluding hydrogens is 196 g/mol. The topological polar surface area (TPSA) is 66.8 Å². The molecule has 0 aromatic rings. The average Bonchev–Trinajstić information content (AvgIpc) is 2.15. The monoisotopic (exact) mass is 216 g/mol. The van der Waals surface area contributed by atoms with Crippen molar-refractivity contribution in [3.63, 3.8) is 0 Å². The molecule has 0 aromatic carbocycles. The Hall–Kier alpha value is -0.610. The number of ether oxygens (including phenoxy) is 1. The van der Waals surface area contributed by atoms with E-state index in [0.717, 1.165) is 25.7 Å². The van der Waals surface area contributed by atoms with Crippen LogP contribution in [0.1, 0.15) is 39.5 Å². The van der Waals surface area contributed by atoms with Crippen LogP contribution in [0.25, 0.3) is 0 Å². The standard InChI is InChI=1S/C11H20O4/c1-11(2,10(13)14)15-7-8-4-3-5-9(12)6-8/h8-9,12H,3-7H2,1-2H3,(H,13,14). The Morgan fingerprint density at radius 2 is 2.13 bits per heavy atom. The minimum Gasteiger partial charge on any atom is -0.479 e. The molecule has 0 heterocycles. The summed E-state index contributed by atoms with van der Waals surface area (Å²) in [7, 11) is 0. The van der Waals surface area contributed by atoms with E-state index < -0.39 is 11.6 Å². The minimum absolute atomic E-state index is 0.236. The van der Waals surface area contributed by atoms with Crippen LogP contribution in [0.15, 0.2) is 0 Å². The summed E-state index contributed by atoms with van der Waals surface area (Å²) in [6, 6.07) is 0. The average molecular weight is 216 g/mol. The molecule has 1 rings (SSSR count). The van der Waals surface area contributed by atoms with Crippen LogP contribution in [0.4, 0.5) is 0 Å². The molecule has 88 valence electrons. The third kappa shape index (κ3) is 3.80. The zero-order valence-electron chi connectivity index (χ0n) is 9.40. The lowest BCUT2D eigenvalue weighted by Crippen LogP contribution is -2.37. The molecule has 0 bridgehead atoms. The van der Waals surface area contributed by atoms with Gasteiger partial charge in [-0.25, -0.2) is 4.79 Å². The molecule has 2 atom stereocenters. The van der Waals surface area contributed by atoms with E-state index in [2.05, 4.69) is 0 Å². The normalized spacial score (nSPS) is 27.7. The highest BCUT2D eigenvalue weighted by molar-refractivity contribution is 5.76. The van der Waals surface area contributed by atoms with Crippen LogP contribution in [-0.4, -0.2) is 34.5 Å². The van der Waals surface area contributed by atoms with E-state index in [4.69, 9.17) is 9.84 Å². The Labute approximate surface area is 90.2 Å². The molecule has 1 aliphatic rings. The fourth-order valence-electron chi connectivity index (χ4n) is 1.80. The van der Waals surface area contributed by atoms with E-state index >= 15 is 0 Å². The van der Waals surface area contributed by atoms with Crippen LogP contribution < -0.4 is 0 Å². The van der Waals surface area contributed by atoms with Crippen molar-refractivity contribution in [2.24, 2.45) is 5.92 Å². The fourth-order valence-corrected chi connectivity index (χ4v) is 1.80. The molecule has 0 spiro atoms. The van der Waals surface area contributed by atoms with Crippen molar-refractivity contribution < 1.29 is 19.7 Å². The van der Waals surface area contributed by atoms with Crippen molar-refractivity contribution in [1.82, 2.24) is 0 Å². The van der Waals surface area contributed by atoms with Crippen LogP contribution in [0.5, 0.6) is 0 Å². The first-order valence-electron chi connectivity index (χ1n) is 5.47. The van der Waals surface area contributed by atoms with Gasteiger partial charge in [-0.2, -0.15) is 0 Å².